The molecule has 1 saturated heterocycles. The van der Waals surface area contributed by atoms with Gasteiger partial charge in [-0.1, -0.05) is 17.7 Å². The van der Waals surface area contributed by atoms with Gasteiger partial charge < -0.3 is 5.32 Å². The van der Waals surface area contributed by atoms with Crippen LogP contribution < -0.4 is 5.32 Å². The molecule has 0 radical (unpaired) electrons. The number of nitrogens with zero attached hydrogens (tertiary/aromatic N) is 1. The standard InChI is InChI=1S/C19H15ClF6N2O3S/c1-32(30,31)28-7-11(10-5-14(22)15(23)6-13(10)21)16(8-28)27-18(29)9-3-2-4-12(17(9)20)19(24,25)26/h2-6,11,16H,7-8H2,1H3,(H,27,29). The fourth-order valence-corrected chi connectivity index (χ4v) is 4.68. The van der Waals surface area contributed by atoms with E-state index >= 15 is 0 Å². The molecular weight excluding hydrogens is 486 g/mol. The number of hydrogen-bond donors (Lipinski definition) is 1. The Hall–Kier alpha value is -2.31. The van der Waals surface area contributed by atoms with Gasteiger partial charge in [-0.05, 0) is 23.8 Å². The Morgan fingerprint density at radius 1 is 1.09 bits per heavy atom. The third kappa shape index (κ3) is 4.86. The number of carbonyl (C=O) groups is 1. The first-order valence-electron chi connectivity index (χ1n) is 8.96. The minimum absolute atomic E-state index is 0.288. The molecule has 1 fully saturated rings. The Morgan fingerprint density at radius 2 is 1.72 bits per heavy atom. The molecule has 0 bridgehead atoms. The van der Waals surface area contributed by atoms with Crippen molar-refractivity contribution in [2.45, 2.75) is 18.1 Å². The maximum absolute atomic E-state index is 14.4. The first-order valence-corrected chi connectivity index (χ1v) is 11.2. The van der Waals surface area contributed by atoms with Crippen LogP contribution in [0.1, 0.15) is 27.4 Å². The van der Waals surface area contributed by atoms with Crippen LogP contribution in [0.2, 0.25) is 5.02 Å². The lowest BCUT2D eigenvalue weighted by Gasteiger charge is -2.21. The van der Waals surface area contributed by atoms with Gasteiger partial charge in [0.05, 0.1) is 28.4 Å². The highest BCUT2D eigenvalue weighted by Crippen LogP contribution is 2.37. The quantitative estimate of drug-likeness (QED) is 0.511. The molecule has 1 aliphatic rings. The number of alkyl halides is 3. The van der Waals surface area contributed by atoms with Crippen molar-refractivity contribution in [3.05, 3.63) is 69.5 Å². The molecule has 0 aromatic heterocycles. The minimum Gasteiger partial charge on any atom is -0.347 e. The molecule has 174 valence electrons. The number of hydrogen-bond acceptors (Lipinski definition) is 3. The summed E-state index contributed by atoms with van der Waals surface area (Å²) < 4.78 is 105. The summed E-state index contributed by atoms with van der Waals surface area (Å²) in [5.74, 6) is -6.23. The molecule has 2 atom stereocenters. The Kier molecular flexibility index (Phi) is 6.51. The highest BCUT2D eigenvalue weighted by molar-refractivity contribution is 7.88. The second-order valence-electron chi connectivity index (χ2n) is 7.22. The maximum atomic E-state index is 14.4. The SMILES string of the molecule is CS(=O)(=O)N1CC(NC(=O)c2cccc(C(F)(F)F)c2Cl)C(c2cc(F)c(F)cc2F)C1. The van der Waals surface area contributed by atoms with Crippen molar-refractivity contribution in [1.29, 1.82) is 0 Å². The Labute approximate surface area is 184 Å². The van der Waals surface area contributed by atoms with Crippen molar-refractivity contribution >= 4 is 27.5 Å². The van der Waals surface area contributed by atoms with Crippen LogP contribution >= 0.6 is 11.6 Å². The molecule has 13 heteroatoms. The molecule has 1 aliphatic heterocycles. The smallest absolute Gasteiger partial charge is 0.347 e. The van der Waals surface area contributed by atoms with E-state index in [9.17, 15) is 39.6 Å². The van der Waals surface area contributed by atoms with E-state index in [4.69, 9.17) is 11.6 Å². The van der Waals surface area contributed by atoms with Crippen molar-refractivity contribution in [2.75, 3.05) is 19.3 Å². The van der Waals surface area contributed by atoms with E-state index in [1.807, 2.05) is 0 Å². The van der Waals surface area contributed by atoms with Gasteiger partial charge in [-0.15, -0.1) is 0 Å². The summed E-state index contributed by atoms with van der Waals surface area (Å²) in [5, 5.41) is 1.48. The molecule has 2 aromatic rings. The van der Waals surface area contributed by atoms with Gasteiger partial charge in [-0.2, -0.15) is 17.5 Å². The fraction of sp³-hybridized carbons (Fsp3) is 0.316. The highest BCUT2D eigenvalue weighted by Gasteiger charge is 2.41. The summed E-state index contributed by atoms with van der Waals surface area (Å²) in [5.41, 5.74) is -2.18. The number of sulfonamides is 1. The van der Waals surface area contributed by atoms with Gasteiger partial charge in [-0.3, -0.25) is 4.79 Å². The van der Waals surface area contributed by atoms with Crippen molar-refractivity contribution in [3.8, 4) is 0 Å². The van der Waals surface area contributed by atoms with Crippen molar-refractivity contribution in [1.82, 2.24) is 9.62 Å². The van der Waals surface area contributed by atoms with Crippen molar-refractivity contribution < 1.29 is 39.6 Å². The van der Waals surface area contributed by atoms with Crippen LogP contribution in [0.3, 0.4) is 0 Å². The lowest BCUT2D eigenvalue weighted by molar-refractivity contribution is -0.137. The first kappa shape index (κ1) is 24.3. The van der Waals surface area contributed by atoms with E-state index in [1.54, 1.807) is 0 Å². The van der Waals surface area contributed by atoms with Gasteiger partial charge in [0.1, 0.15) is 5.82 Å². The predicted molar refractivity (Wildman–Crippen MR) is 103 cm³/mol. The van der Waals surface area contributed by atoms with Gasteiger partial charge in [0.2, 0.25) is 10.0 Å². The Balaban J connectivity index is 1.98. The number of carbonyl (C=O) groups excluding carboxylic acids is 1. The molecule has 5 nitrogen and oxygen atoms in total. The second-order valence-corrected chi connectivity index (χ2v) is 9.58. The predicted octanol–water partition coefficient (Wildman–Crippen LogP) is 3.93. The summed E-state index contributed by atoms with van der Waals surface area (Å²) in [6.07, 6.45) is -3.97. The monoisotopic (exact) mass is 500 g/mol. The topological polar surface area (TPSA) is 66.5 Å². The normalized spacial score (nSPS) is 19.9. The molecule has 2 unspecified atom stereocenters. The van der Waals surface area contributed by atoms with E-state index in [0.29, 0.717) is 12.1 Å². The van der Waals surface area contributed by atoms with Crippen molar-refractivity contribution in [2.24, 2.45) is 0 Å². The molecule has 2 aromatic carbocycles. The molecule has 1 heterocycles. The van der Waals surface area contributed by atoms with E-state index in [2.05, 4.69) is 5.32 Å². The summed E-state index contributed by atoms with van der Waals surface area (Å²) in [6.45, 7) is -0.744. The largest absolute Gasteiger partial charge is 0.417 e. The lowest BCUT2D eigenvalue weighted by Crippen LogP contribution is -2.40. The maximum Gasteiger partial charge on any atom is 0.417 e. The number of nitrogens with one attached hydrogen (secondary N) is 1. The molecule has 1 amide bonds. The van der Waals surface area contributed by atoms with Crippen LogP contribution in [0.25, 0.3) is 0 Å². The molecule has 0 spiro atoms. The fourth-order valence-electron chi connectivity index (χ4n) is 3.49. The van der Waals surface area contributed by atoms with Gasteiger partial charge in [0, 0.05) is 25.1 Å². The summed E-state index contributed by atoms with van der Waals surface area (Å²) in [6, 6.07) is 2.35. The van der Waals surface area contributed by atoms with E-state index in [0.717, 1.165) is 22.7 Å². The third-order valence-corrected chi connectivity index (χ3v) is 6.70. The molecule has 1 N–H and O–H groups in total. The van der Waals surface area contributed by atoms with Crippen LogP contribution in [0.4, 0.5) is 26.3 Å². The van der Waals surface area contributed by atoms with Gasteiger partial charge >= 0.3 is 6.18 Å². The minimum atomic E-state index is -4.83. The van der Waals surface area contributed by atoms with Crippen LogP contribution in [-0.4, -0.2) is 44.0 Å². The zero-order valence-corrected chi connectivity index (χ0v) is 17.8. The summed E-state index contributed by atoms with van der Waals surface area (Å²) in [7, 11) is -3.83. The van der Waals surface area contributed by atoms with E-state index < -0.39 is 73.2 Å². The zero-order chi connectivity index (χ0) is 24.0. The zero-order valence-electron chi connectivity index (χ0n) is 16.2. The number of halogens is 7. The van der Waals surface area contributed by atoms with E-state index in [-0.39, 0.29) is 19.2 Å². The first-order chi connectivity index (χ1) is 14.7. The molecular formula is C19H15ClF6N2O3S. The van der Waals surface area contributed by atoms with Crippen LogP contribution in [-0.2, 0) is 16.2 Å². The average molecular weight is 501 g/mol. The van der Waals surface area contributed by atoms with Gasteiger partial charge in [0.25, 0.3) is 5.91 Å². The number of amides is 1. The molecule has 0 saturated carbocycles. The van der Waals surface area contributed by atoms with Crippen LogP contribution in [0.15, 0.2) is 30.3 Å². The summed E-state index contributed by atoms with van der Waals surface area (Å²) in [4.78, 5) is 12.7. The van der Waals surface area contributed by atoms with Crippen LogP contribution in [0, 0.1) is 17.5 Å². The number of rotatable bonds is 4. The van der Waals surface area contributed by atoms with Crippen molar-refractivity contribution in [3.63, 3.8) is 0 Å². The molecule has 3 rings (SSSR count). The summed E-state index contributed by atoms with van der Waals surface area (Å²) >= 11 is 5.75. The Morgan fingerprint density at radius 3 is 2.31 bits per heavy atom. The average Bonchev–Trinajstić information content (AvgIpc) is 3.07. The lowest BCUT2D eigenvalue weighted by atomic mass is 9.93. The Bertz CT molecular complexity index is 1170. The van der Waals surface area contributed by atoms with Crippen LogP contribution in [0.5, 0.6) is 0 Å². The third-order valence-electron chi connectivity index (χ3n) is 5.06. The molecule has 32 heavy (non-hydrogen) atoms. The highest BCUT2D eigenvalue weighted by atomic mass is 35.5. The van der Waals surface area contributed by atoms with E-state index in [1.165, 1.54) is 0 Å². The van der Waals surface area contributed by atoms with Gasteiger partial charge in [0.15, 0.2) is 11.6 Å². The number of benzene rings is 2. The molecule has 0 aliphatic carbocycles. The second kappa shape index (κ2) is 8.56. The van der Waals surface area contributed by atoms with Gasteiger partial charge in [-0.25, -0.2) is 21.6 Å².